The summed E-state index contributed by atoms with van der Waals surface area (Å²) in [6.45, 7) is 9.24. The van der Waals surface area contributed by atoms with Crippen LogP contribution in [0.2, 0.25) is 0 Å². The van der Waals surface area contributed by atoms with Crippen molar-refractivity contribution in [3.63, 3.8) is 0 Å². The summed E-state index contributed by atoms with van der Waals surface area (Å²) in [7, 11) is -2.27. The molecule has 1 aromatic carbocycles. The quantitative estimate of drug-likeness (QED) is 0.523. The molecule has 9 nitrogen and oxygen atoms in total. The Balaban J connectivity index is 1.79. The first-order valence-corrected chi connectivity index (χ1v) is 13.1. The Labute approximate surface area is 197 Å². The Hall–Kier alpha value is -2.59. The maximum Gasteiger partial charge on any atom is 0.263 e. The fraction of sp³-hybridized carbons (Fsp3) is 0.565. The van der Waals surface area contributed by atoms with Crippen LogP contribution in [0.4, 0.5) is 5.69 Å². The molecule has 1 aliphatic heterocycles. The van der Waals surface area contributed by atoms with Gasteiger partial charge >= 0.3 is 0 Å². The molecule has 10 heteroatoms. The van der Waals surface area contributed by atoms with Crippen molar-refractivity contribution in [1.29, 1.82) is 0 Å². The Kier molecular flexibility index (Phi) is 8.36. The van der Waals surface area contributed by atoms with Crippen molar-refractivity contribution in [3.8, 4) is 5.75 Å². The largest absolute Gasteiger partial charge is 0.492 e. The van der Waals surface area contributed by atoms with E-state index in [-0.39, 0.29) is 16.5 Å². The number of hydrogen-bond acceptors (Lipinski definition) is 6. The predicted octanol–water partition coefficient (Wildman–Crippen LogP) is 2.59. The van der Waals surface area contributed by atoms with E-state index in [9.17, 15) is 13.2 Å². The van der Waals surface area contributed by atoms with Gasteiger partial charge in [0.15, 0.2) is 0 Å². The van der Waals surface area contributed by atoms with Crippen LogP contribution in [-0.4, -0.2) is 79.2 Å². The van der Waals surface area contributed by atoms with Gasteiger partial charge in [0, 0.05) is 52.5 Å². The van der Waals surface area contributed by atoms with E-state index in [1.54, 1.807) is 11.9 Å². The lowest BCUT2D eigenvalue weighted by atomic mass is 10.2. The number of hydrogen-bond donors (Lipinski definition) is 0. The molecule has 0 bridgehead atoms. The van der Waals surface area contributed by atoms with E-state index in [0.29, 0.717) is 45.9 Å². The molecule has 1 fully saturated rings. The second-order valence-corrected chi connectivity index (χ2v) is 9.91. The Bertz CT molecular complexity index is 1040. The number of piperazine rings is 1. The standard InChI is InChI=1S/C23H35N5O4S/c1-5-8-13-26(6-2)23(29)19-18-25(4)24-22(19)33(30,31)28-16-14-27(15-17-28)20-11-9-10-12-21(20)32-7-3/h9-12,18H,5-8,13-17H2,1-4H3. The zero-order valence-electron chi connectivity index (χ0n) is 20.0. The molecule has 182 valence electrons. The number of amides is 1. The highest BCUT2D eigenvalue weighted by atomic mass is 32.2. The Morgan fingerprint density at radius 1 is 1.12 bits per heavy atom. The van der Waals surface area contributed by atoms with Crippen LogP contribution < -0.4 is 9.64 Å². The molecule has 1 aromatic heterocycles. The van der Waals surface area contributed by atoms with Crippen molar-refractivity contribution in [2.45, 2.75) is 38.6 Å². The highest BCUT2D eigenvalue weighted by Crippen LogP contribution is 2.30. The zero-order valence-corrected chi connectivity index (χ0v) is 20.8. The van der Waals surface area contributed by atoms with Gasteiger partial charge in [-0.15, -0.1) is 0 Å². The van der Waals surface area contributed by atoms with E-state index in [4.69, 9.17) is 4.74 Å². The zero-order chi connectivity index (χ0) is 24.0. The van der Waals surface area contributed by atoms with Crippen LogP contribution in [0, 0.1) is 0 Å². The summed E-state index contributed by atoms with van der Waals surface area (Å²) in [4.78, 5) is 17.0. The molecule has 2 aromatic rings. The molecule has 2 heterocycles. The minimum Gasteiger partial charge on any atom is -0.492 e. The summed E-state index contributed by atoms with van der Waals surface area (Å²) in [5.41, 5.74) is 1.10. The average Bonchev–Trinajstić information content (AvgIpc) is 3.23. The lowest BCUT2D eigenvalue weighted by Gasteiger charge is -2.35. The maximum absolute atomic E-state index is 13.5. The molecule has 0 spiro atoms. The van der Waals surface area contributed by atoms with Crippen LogP contribution in [0.25, 0.3) is 0 Å². The third kappa shape index (κ3) is 5.50. The summed E-state index contributed by atoms with van der Waals surface area (Å²) in [5, 5.41) is 4.04. The fourth-order valence-corrected chi connectivity index (χ4v) is 5.55. The first-order chi connectivity index (χ1) is 15.8. The number of nitrogens with zero attached hydrogens (tertiary/aromatic N) is 5. The SMILES string of the molecule is CCCCN(CC)C(=O)c1cn(C)nc1S(=O)(=O)N1CCN(c2ccccc2OCC)CC1. The molecular weight excluding hydrogens is 442 g/mol. The van der Waals surface area contributed by atoms with Crippen LogP contribution in [0.5, 0.6) is 5.75 Å². The first-order valence-electron chi connectivity index (χ1n) is 11.6. The van der Waals surface area contributed by atoms with E-state index < -0.39 is 10.0 Å². The minimum absolute atomic E-state index is 0.138. The molecule has 0 saturated carbocycles. The van der Waals surface area contributed by atoms with Crippen LogP contribution in [-0.2, 0) is 17.1 Å². The number of aromatic nitrogens is 2. The van der Waals surface area contributed by atoms with Crippen molar-refractivity contribution in [3.05, 3.63) is 36.0 Å². The van der Waals surface area contributed by atoms with E-state index in [2.05, 4.69) is 16.9 Å². The number of rotatable bonds is 10. The molecule has 3 rings (SSSR count). The topological polar surface area (TPSA) is 88.0 Å². The molecule has 1 saturated heterocycles. The number of aryl methyl sites for hydroxylation is 1. The second kappa shape index (κ2) is 11.0. The summed E-state index contributed by atoms with van der Waals surface area (Å²) in [6, 6.07) is 7.78. The Morgan fingerprint density at radius 2 is 1.82 bits per heavy atom. The van der Waals surface area contributed by atoms with Crippen molar-refractivity contribution >= 4 is 21.6 Å². The molecule has 0 aliphatic carbocycles. The van der Waals surface area contributed by atoms with Gasteiger partial charge in [-0.25, -0.2) is 8.42 Å². The summed E-state index contributed by atoms with van der Waals surface area (Å²) >= 11 is 0. The van der Waals surface area contributed by atoms with Crippen LogP contribution >= 0.6 is 0 Å². The molecular formula is C23H35N5O4S. The van der Waals surface area contributed by atoms with Crippen molar-refractivity contribution in [2.24, 2.45) is 7.05 Å². The average molecular weight is 478 g/mol. The van der Waals surface area contributed by atoms with E-state index >= 15 is 0 Å². The van der Waals surface area contributed by atoms with Gasteiger partial charge in [-0.1, -0.05) is 25.5 Å². The van der Waals surface area contributed by atoms with Gasteiger partial charge in [-0.05, 0) is 32.4 Å². The first kappa shape index (κ1) is 25.0. The number of carbonyl (C=O) groups is 1. The Morgan fingerprint density at radius 3 is 2.45 bits per heavy atom. The smallest absolute Gasteiger partial charge is 0.263 e. The fourth-order valence-electron chi connectivity index (χ4n) is 4.02. The van der Waals surface area contributed by atoms with Gasteiger partial charge in [0.25, 0.3) is 15.9 Å². The summed E-state index contributed by atoms with van der Waals surface area (Å²) in [5.74, 6) is 0.502. The van der Waals surface area contributed by atoms with Crippen molar-refractivity contribution in [1.82, 2.24) is 19.0 Å². The van der Waals surface area contributed by atoms with E-state index in [1.165, 1.54) is 15.2 Å². The van der Waals surface area contributed by atoms with Crippen molar-refractivity contribution in [2.75, 3.05) is 50.8 Å². The van der Waals surface area contributed by atoms with Gasteiger partial charge in [0.1, 0.15) is 5.75 Å². The predicted molar refractivity (Wildman–Crippen MR) is 128 cm³/mol. The number of carbonyl (C=O) groups excluding carboxylic acids is 1. The third-order valence-electron chi connectivity index (χ3n) is 5.80. The minimum atomic E-state index is -3.91. The number of sulfonamides is 1. The number of benzene rings is 1. The second-order valence-electron chi connectivity index (χ2n) is 8.05. The van der Waals surface area contributed by atoms with Gasteiger partial charge in [0.2, 0.25) is 5.03 Å². The van der Waals surface area contributed by atoms with Gasteiger partial charge in [-0.2, -0.15) is 9.40 Å². The third-order valence-corrected chi connectivity index (χ3v) is 7.64. The monoisotopic (exact) mass is 477 g/mol. The number of para-hydroxylation sites is 2. The highest BCUT2D eigenvalue weighted by Gasteiger charge is 2.35. The van der Waals surface area contributed by atoms with Crippen LogP contribution in [0.3, 0.4) is 0 Å². The molecule has 0 N–H and O–H groups in total. The van der Waals surface area contributed by atoms with Crippen LogP contribution in [0.15, 0.2) is 35.5 Å². The number of ether oxygens (including phenoxy) is 1. The lowest BCUT2D eigenvalue weighted by molar-refractivity contribution is 0.0758. The molecule has 0 atom stereocenters. The summed E-state index contributed by atoms with van der Waals surface area (Å²) < 4.78 is 35.6. The van der Waals surface area contributed by atoms with Gasteiger partial charge in [-0.3, -0.25) is 9.48 Å². The molecule has 0 radical (unpaired) electrons. The van der Waals surface area contributed by atoms with E-state index in [0.717, 1.165) is 24.3 Å². The molecule has 1 aliphatic rings. The highest BCUT2D eigenvalue weighted by molar-refractivity contribution is 7.89. The van der Waals surface area contributed by atoms with Gasteiger partial charge < -0.3 is 14.5 Å². The normalized spacial score (nSPS) is 15.0. The summed E-state index contributed by atoms with van der Waals surface area (Å²) in [6.07, 6.45) is 3.34. The number of anilines is 1. The number of unbranched alkanes of at least 4 members (excludes halogenated alkanes) is 1. The molecule has 33 heavy (non-hydrogen) atoms. The molecule has 1 amide bonds. The molecule has 0 unspecified atom stereocenters. The van der Waals surface area contributed by atoms with Gasteiger partial charge in [0.05, 0.1) is 17.9 Å². The van der Waals surface area contributed by atoms with Crippen molar-refractivity contribution < 1.29 is 17.9 Å². The lowest BCUT2D eigenvalue weighted by Crippen LogP contribution is -2.49. The van der Waals surface area contributed by atoms with Crippen LogP contribution in [0.1, 0.15) is 44.0 Å². The van der Waals surface area contributed by atoms with E-state index in [1.807, 2.05) is 38.1 Å². The maximum atomic E-state index is 13.5.